The quantitative estimate of drug-likeness (QED) is 0.137. The molecule has 0 unspecified atom stereocenters. The van der Waals surface area contributed by atoms with E-state index in [0.29, 0.717) is 58.2 Å². The minimum absolute atomic E-state index is 0.101. The van der Waals surface area contributed by atoms with Crippen molar-refractivity contribution in [2.75, 3.05) is 31.0 Å². The standard InChI is InChI=1S/C47H44N4O6/c1-27-28(2)33(25-56-43-20-41-37(18-32(43)24-52)46(53)50-35(22-48(41)4)16-30-11-7-9-13-39(30)50)15-34(29(27)3)26-57-45-21-42-38(19-44(45)55-6)47(54)51-36(23-49(42)5)17-31-12-8-10-14-40(31)51/h7-15,18-21,35-36,52H,16-17,24-26H2,1-6H3/t35-,36-/m0/s1. The lowest BCUT2D eigenvalue weighted by Gasteiger charge is -2.24. The molecule has 5 aromatic carbocycles. The number of nitrogens with zero attached hydrogens (tertiary/aromatic N) is 4. The van der Waals surface area contributed by atoms with Crippen molar-refractivity contribution in [1.29, 1.82) is 0 Å². The highest BCUT2D eigenvalue weighted by Gasteiger charge is 2.37. The fraction of sp³-hybridized carbons (Fsp3) is 0.277. The van der Waals surface area contributed by atoms with Gasteiger partial charge in [0.1, 0.15) is 38.8 Å². The van der Waals surface area contributed by atoms with E-state index in [1.807, 2.05) is 76.7 Å². The van der Waals surface area contributed by atoms with E-state index in [1.54, 1.807) is 24.1 Å². The maximum atomic E-state index is 14.1. The van der Waals surface area contributed by atoms with Crippen LogP contribution in [-0.4, -0.2) is 71.8 Å². The zero-order valence-corrected chi connectivity index (χ0v) is 33.0. The molecule has 2 amide bonds. The Kier molecular flexibility index (Phi) is 8.96. The molecule has 0 spiro atoms. The summed E-state index contributed by atoms with van der Waals surface area (Å²) in [6, 6.07) is 24.8. The minimum Gasteiger partial charge on any atom is -0.493 e. The maximum Gasteiger partial charge on any atom is 0.246 e. The highest BCUT2D eigenvalue weighted by molar-refractivity contribution is 6.14. The summed E-state index contributed by atoms with van der Waals surface area (Å²) in [5, 5.41) is 10.5. The Morgan fingerprint density at radius 2 is 1.14 bits per heavy atom. The Bertz CT molecular complexity index is 2420. The van der Waals surface area contributed by atoms with E-state index in [0.717, 1.165) is 50.3 Å². The number of ether oxygens (including phenoxy) is 3. The number of amides is 2. The fourth-order valence-electron chi connectivity index (χ4n) is 8.72. The summed E-state index contributed by atoms with van der Waals surface area (Å²) in [5.74, 6) is 1.26. The number of rotatable bonds is 8. The largest absolute Gasteiger partial charge is 0.493 e. The number of para-hydroxylation sites is 2. The Balaban J connectivity index is 0.978. The first-order valence-corrected chi connectivity index (χ1v) is 19.2. The lowest BCUT2D eigenvalue weighted by Crippen LogP contribution is -2.38. The number of methoxy groups -OCH3 is 1. The number of aliphatic hydroxyl groups is 1. The maximum absolute atomic E-state index is 14.1. The topological polar surface area (TPSA) is 94.6 Å². The number of carbonyl (C=O) groups excluding carboxylic acids is 2. The van der Waals surface area contributed by atoms with E-state index >= 15 is 0 Å². The summed E-state index contributed by atoms with van der Waals surface area (Å²) < 4.78 is 22.6. The Hall–Kier alpha value is -6.26. The van der Waals surface area contributed by atoms with Crippen LogP contribution in [0.25, 0.3) is 0 Å². The highest BCUT2D eigenvalue weighted by atomic mass is 16.5. The molecule has 10 nitrogen and oxygen atoms in total. The van der Waals surface area contributed by atoms with Crippen LogP contribution in [0.5, 0.6) is 17.2 Å². The third-order valence-corrected chi connectivity index (χ3v) is 12.1. The molecule has 0 saturated carbocycles. The second-order valence-electron chi connectivity index (χ2n) is 15.2. The Morgan fingerprint density at radius 1 is 0.649 bits per heavy atom. The van der Waals surface area contributed by atoms with E-state index in [1.165, 1.54) is 0 Å². The molecule has 57 heavy (non-hydrogen) atoms. The molecule has 1 N–H and O–H groups in total. The molecule has 4 heterocycles. The van der Waals surface area contributed by atoms with Crippen LogP contribution in [0.1, 0.15) is 65.2 Å². The van der Waals surface area contributed by atoms with Crippen LogP contribution >= 0.6 is 0 Å². The molecular weight excluding hydrogens is 717 g/mol. The monoisotopic (exact) mass is 760 g/mol. The smallest absolute Gasteiger partial charge is 0.246 e. The average Bonchev–Trinajstić information content (AvgIpc) is 3.72. The molecule has 10 heteroatoms. The molecule has 2 atom stereocenters. The Labute approximate surface area is 332 Å². The molecule has 4 aliphatic heterocycles. The lowest BCUT2D eigenvalue weighted by atomic mass is 9.94. The zero-order chi connectivity index (χ0) is 39.7. The van der Waals surface area contributed by atoms with Gasteiger partial charge < -0.3 is 38.3 Å². The van der Waals surface area contributed by atoms with Crippen molar-refractivity contribution in [2.24, 2.45) is 0 Å². The van der Waals surface area contributed by atoms with Gasteiger partial charge in [-0.1, -0.05) is 42.5 Å². The van der Waals surface area contributed by atoms with Crippen molar-refractivity contribution in [3.63, 3.8) is 0 Å². The summed E-state index contributed by atoms with van der Waals surface area (Å²) >= 11 is 0. The summed E-state index contributed by atoms with van der Waals surface area (Å²) in [6.45, 7) is 6.46. The second-order valence-corrected chi connectivity index (χ2v) is 15.2. The molecule has 0 radical (unpaired) electrons. The van der Waals surface area contributed by atoms with Gasteiger partial charge in [0.2, 0.25) is 11.8 Å². The predicted octanol–water partition coefficient (Wildman–Crippen LogP) is 6.88. The molecule has 0 aliphatic carbocycles. The van der Waals surface area contributed by atoms with Gasteiger partial charge in [0, 0.05) is 52.6 Å². The Morgan fingerprint density at radius 3 is 1.67 bits per heavy atom. The summed E-state index contributed by atoms with van der Waals surface area (Å²) in [6.07, 6.45) is 8.39. The van der Waals surface area contributed by atoms with E-state index < -0.39 is 0 Å². The molecule has 0 fully saturated rings. The first-order chi connectivity index (χ1) is 27.6. The zero-order valence-electron chi connectivity index (χ0n) is 33.0. The predicted molar refractivity (Wildman–Crippen MR) is 218 cm³/mol. The molecule has 0 bridgehead atoms. The van der Waals surface area contributed by atoms with Gasteiger partial charge in [-0.25, -0.2) is 0 Å². The van der Waals surface area contributed by atoms with Crippen LogP contribution in [0.2, 0.25) is 0 Å². The van der Waals surface area contributed by atoms with Gasteiger partial charge in [0.15, 0.2) is 5.75 Å². The van der Waals surface area contributed by atoms with E-state index in [-0.39, 0.29) is 43.7 Å². The van der Waals surface area contributed by atoms with Gasteiger partial charge >= 0.3 is 0 Å². The van der Waals surface area contributed by atoms with Gasteiger partial charge in [-0.15, -0.1) is 0 Å². The molecule has 0 aromatic heterocycles. The molecule has 5 aromatic rings. The van der Waals surface area contributed by atoms with Crippen LogP contribution in [0.4, 0.5) is 22.7 Å². The summed E-state index contributed by atoms with van der Waals surface area (Å²) in [7, 11) is 5.39. The normalized spacial score (nSPS) is 17.7. The van der Waals surface area contributed by atoms with Crippen molar-refractivity contribution in [3.05, 3.63) is 134 Å². The third-order valence-electron chi connectivity index (χ3n) is 12.1. The third kappa shape index (κ3) is 5.98. The number of benzene rings is 5. The van der Waals surface area contributed by atoms with Crippen molar-refractivity contribution < 1.29 is 38.1 Å². The molecule has 0 saturated heterocycles. The van der Waals surface area contributed by atoms with Gasteiger partial charge in [-0.3, -0.25) is 9.59 Å². The van der Waals surface area contributed by atoms with Gasteiger partial charge in [0.05, 0.1) is 25.1 Å². The fourth-order valence-corrected chi connectivity index (χ4v) is 8.72. The average molecular weight is 761 g/mol. The van der Waals surface area contributed by atoms with Crippen molar-refractivity contribution in [1.82, 2.24) is 0 Å². The van der Waals surface area contributed by atoms with Crippen LogP contribution in [0, 0.1) is 20.8 Å². The number of hydrogen-bond donors (Lipinski definition) is 1. The number of carbonyl (C=O) groups is 2. The first-order valence-electron chi connectivity index (χ1n) is 19.2. The van der Waals surface area contributed by atoms with Crippen molar-refractivity contribution >= 4 is 47.0 Å². The second kappa shape index (κ2) is 14.0. The van der Waals surface area contributed by atoms with Crippen LogP contribution < -0.4 is 24.0 Å². The highest BCUT2D eigenvalue weighted by Crippen LogP contribution is 2.42. The van der Waals surface area contributed by atoms with Crippen LogP contribution in [-0.2, 0) is 32.7 Å². The van der Waals surface area contributed by atoms with Crippen LogP contribution in [0.15, 0.2) is 78.9 Å². The summed E-state index contributed by atoms with van der Waals surface area (Å²) in [5.41, 5.74) is 12.2. The van der Waals surface area contributed by atoms with Gasteiger partial charge in [-0.05, 0) is 109 Å². The molecule has 9 rings (SSSR count). The van der Waals surface area contributed by atoms with Crippen molar-refractivity contribution in [2.45, 2.75) is 65.5 Å². The number of anilines is 2. The van der Waals surface area contributed by atoms with E-state index in [9.17, 15) is 14.7 Å². The van der Waals surface area contributed by atoms with E-state index in [2.05, 4.69) is 51.4 Å². The number of hydrogen-bond acceptors (Lipinski definition) is 6. The van der Waals surface area contributed by atoms with Gasteiger partial charge in [0.25, 0.3) is 0 Å². The molecular formula is C47H44N4O6. The number of aliphatic hydroxyl groups excluding tert-OH is 1. The van der Waals surface area contributed by atoms with E-state index in [4.69, 9.17) is 14.2 Å². The van der Waals surface area contributed by atoms with Crippen LogP contribution in [0.3, 0.4) is 0 Å². The molecule has 4 aliphatic rings. The number of fused-ring (bicyclic) bond motifs is 8. The SMILES string of the molecule is COc1cc2c(cc1OCc1cc(COc3cc4c(cc3CO)C(=O)N3c5ccccc5C[C@H]3[C-]=[N+]4C)c(C)c(C)c1C)[N+](C)=[C-][C@@H]1Cc3ccccc3N1C2=O. The van der Waals surface area contributed by atoms with Crippen molar-refractivity contribution in [3.8, 4) is 17.2 Å². The minimum atomic E-state index is -0.289. The first kappa shape index (κ1) is 36.4. The summed E-state index contributed by atoms with van der Waals surface area (Å²) in [4.78, 5) is 31.7. The van der Waals surface area contributed by atoms with Gasteiger partial charge in [-0.2, -0.15) is 0 Å². The molecule has 288 valence electrons. The lowest BCUT2D eigenvalue weighted by molar-refractivity contribution is -0.401.